The Bertz CT molecular complexity index is 931. The normalized spacial score (nSPS) is 29.4. The van der Waals surface area contributed by atoms with Gasteiger partial charge in [0.25, 0.3) is 0 Å². The molecule has 2 N–H and O–H groups in total. The molecule has 5 rings (SSSR count). The number of aliphatic hydroxyl groups is 2. The minimum Gasteiger partial charge on any atom is -0.387 e. The van der Waals surface area contributed by atoms with E-state index in [1.165, 1.54) is 21.7 Å². The van der Waals surface area contributed by atoms with Crippen molar-refractivity contribution in [3.05, 3.63) is 59.2 Å². The quantitative estimate of drug-likeness (QED) is 0.494. The zero-order chi connectivity index (χ0) is 15.0. The van der Waals surface area contributed by atoms with Gasteiger partial charge < -0.3 is 14.9 Å². The number of rotatable bonds is 0. The van der Waals surface area contributed by atoms with E-state index >= 15 is 0 Å². The SMILES string of the molecule is Cc1cc2ccccc2c2ccc3c(c12)[C@@H]1O[C@@H]1[C@H](O)[C@H]3O. The Balaban J connectivity index is 1.94. The Labute approximate surface area is 127 Å². The van der Waals surface area contributed by atoms with Gasteiger partial charge >= 0.3 is 0 Å². The van der Waals surface area contributed by atoms with Crippen LogP contribution in [-0.2, 0) is 4.74 Å². The summed E-state index contributed by atoms with van der Waals surface area (Å²) in [7, 11) is 0. The standard InChI is InChI=1S/C19H16O3/c1-9-8-10-4-2-3-5-11(10)12-6-7-13-15(14(9)12)18-19(22-18)17(21)16(13)20/h2-8,16-21H,1H3/t16-,17+,18-,19+/m0/s1. The summed E-state index contributed by atoms with van der Waals surface area (Å²) in [5.41, 5.74) is 3.05. The van der Waals surface area contributed by atoms with E-state index in [1.54, 1.807) is 0 Å². The molecule has 2 aliphatic rings. The minimum absolute atomic E-state index is 0.0861. The molecule has 3 aromatic carbocycles. The maximum absolute atomic E-state index is 10.4. The molecule has 0 spiro atoms. The number of aryl methyl sites for hydroxylation is 1. The average molecular weight is 292 g/mol. The molecular formula is C19H16O3. The molecule has 1 fully saturated rings. The van der Waals surface area contributed by atoms with Crippen molar-refractivity contribution in [2.75, 3.05) is 0 Å². The fraction of sp³-hybridized carbons (Fsp3) is 0.263. The minimum atomic E-state index is -0.867. The van der Waals surface area contributed by atoms with Crippen LogP contribution in [0.15, 0.2) is 42.5 Å². The summed E-state index contributed by atoms with van der Waals surface area (Å²) < 4.78 is 5.65. The van der Waals surface area contributed by atoms with Gasteiger partial charge in [0.2, 0.25) is 0 Å². The highest BCUT2D eigenvalue weighted by Gasteiger charge is 2.54. The van der Waals surface area contributed by atoms with Crippen molar-refractivity contribution in [1.82, 2.24) is 0 Å². The molecular weight excluding hydrogens is 276 g/mol. The van der Waals surface area contributed by atoms with Crippen molar-refractivity contribution in [2.24, 2.45) is 0 Å². The Morgan fingerprint density at radius 2 is 1.82 bits per heavy atom. The van der Waals surface area contributed by atoms with Crippen molar-refractivity contribution in [2.45, 2.75) is 31.3 Å². The summed E-state index contributed by atoms with van der Waals surface area (Å²) in [6.07, 6.45) is -2.04. The molecule has 1 aliphatic carbocycles. The molecule has 0 unspecified atom stereocenters. The monoisotopic (exact) mass is 292 g/mol. The van der Waals surface area contributed by atoms with Gasteiger partial charge in [0.1, 0.15) is 24.4 Å². The molecule has 0 saturated carbocycles. The van der Waals surface area contributed by atoms with Crippen LogP contribution < -0.4 is 0 Å². The topological polar surface area (TPSA) is 53.0 Å². The van der Waals surface area contributed by atoms with Crippen molar-refractivity contribution in [3.8, 4) is 0 Å². The second-order valence-electron chi connectivity index (χ2n) is 6.36. The predicted molar refractivity (Wildman–Crippen MR) is 84.8 cm³/mol. The molecule has 1 saturated heterocycles. The third-order valence-electron chi connectivity index (χ3n) is 5.09. The van der Waals surface area contributed by atoms with Crippen molar-refractivity contribution >= 4 is 21.5 Å². The fourth-order valence-electron chi connectivity index (χ4n) is 4.00. The van der Waals surface area contributed by atoms with Gasteiger partial charge in [-0.1, -0.05) is 42.5 Å². The van der Waals surface area contributed by atoms with E-state index in [0.717, 1.165) is 16.5 Å². The van der Waals surface area contributed by atoms with Crippen LogP contribution in [0.3, 0.4) is 0 Å². The number of benzene rings is 3. The average Bonchev–Trinajstić information content (AvgIpc) is 3.32. The molecule has 1 aliphatic heterocycles. The lowest BCUT2D eigenvalue weighted by Crippen LogP contribution is -2.29. The van der Waals surface area contributed by atoms with E-state index < -0.39 is 12.2 Å². The molecule has 0 radical (unpaired) electrons. The summed E-state index contributed by atoms with van der Waals surface area (Å²) >= 11 is 0. The van der Waals surface area contributed by atoms with E-state index in [2.05, 4.69) is 31.2 Å². The third kappa shape index (κ3) is 1.46. The van der Waals surface area contributed by atoms with Crippen LogP contribution in [0.25, 0.3) is 21.5 Å². The smallest absolute Gasteiger partial charge is 0.118 e. The Morgan fingerprint density at radius 3 is 2.68 bits per heavy atom. The lowest BCUT2D eigenvalue weighted by atomic mass is 9.82. The fourth-order valence-corrected chi connectivity index (χ4v) is 4.00. The molecule has 0 bridgehead atoms. The number of hydrogen-bond donors (Lipinski definition) is 2. The largest absolute Gasteiger partial charge is 0.387 e. The molecule has 3 nitrogen and oxygen atoms in total. The van der Waals surface area contributed by atoms with Gasteiger partial charge in [-0.25, -0.2) is 0 Å². The van der Waals surface area contributed by atoms with Gasteiger partial charge in [0, 0.05) is 0 Å². The summed E-state index contributed by atoms with van der Waals surface area (Å²) in [6, 6.07) is 14.5. The highest BCUT2D eigenvalue weighted by atomic mass is 16.6. The molecule has 1 heterocycles. The lowest BCUT2D eigenvalue weighted by molar-refractivity contribution is 0.000104. The Morgan fingerprint density at radius 1 is 1.00 bits per heavy atom. The summed E-state index contributed by atoms with van der Waals surface area (Å²) in [6.45, 7) is 2.10. The molecule has 3 heteroatoms. The van der Waals surface area contributed by atoms with E-state index in [4.69, 9.17) is 4.74 Å². The maximum Gasteiger partial charge on any atom is 0.118 e. The second kappa shape index (κ2) is 4.07. The first kappa shape index (κ1) is 12.6. The number of hydrogen-bond acceptors (Lipinski definition) is 3. The predicted octanol–water partition coefficient (Wildman–Crippen LogP) is 3.15. The van der Waals surface area contributed by atoms with E-state index in [9.17, 15) is 10.2 Å². The highest BCUT2D eigenvalue weighted by molar-refractivity contribution is 6.10. The second-order valence-corrected chi connectivity index (χ2v) is 6.36. The first-order chi connectivity index (χ1) is 10.7. The van der Waals surface area contributed by atoms with Crippen LogP contribution in [-0.4, -0.2) is 22.4 Å². The van der Waals surface area contributed by atoms with Crippen LogP contribution in [0.5, 0.6) is 0 Å². The van der Waals surface area contributed by atoms with Gasteiger partial charge in [-0.3, -0.25) is 0 Å². The molecule has 3 aromatic rings. The lowest BCUT2D eigenvalue weighted by Gasteiger charge is -2.25. The summed E-state index contributed by atoms with van der Waals surface area (Å²) in [5.74, 6) is 0. The zero-order valence-electron chi connectivity index (χ0n) is 12.2. The van der Waals surface area contributed by atoms with Crippen LogP contribution in [0.4, 0.5) is 0 Å². The highest BCUT2D eigenvalue weighted by Crippen LogP contribution is 2.53. The van der Waals surface area contributed by atoms with Gasteiger partial charge in [0.15, 0.2) is 0 Å². The zero-order valence-corrected chi connectivity index (χ0v) is 12.2. The van der Waals surface area contributed by atoms with Crippen LogP contribution >= 0.6 is 0 Å². The van der Waals surface area contributed by atoms with E-state index in [-0.39, 0.29) is 12.2 Å². The number of epoxide rings is 1. The number of ether oxygens (including phenoxy) is 1. The van der Waals surface area contributed by atoms with E-state index in [1.807, 2.05) is 18.2 Å². The van der Waals surface area contributed by atoms with Crippen molar-refractivity contribution in [1.29, 1.82) is 0 Å². The molecule has 0 amide bonds. The first-order valence-electron chi connectivity index (χ1n) is 7.63. The molecule has 110 valence electrons. The molecule has 22 heavy (non-hydrogen) atoms. The Kier molecular flexibility index (Phi) is 2.33. The van der Waals surface area contributed by atoms with Gasteiger partial charge in [-0.2, -0.15) is 0 Å². The number of fused-ring (bicyclic) bond motifs is 7. The third-order valence-corrected chi connectivity index (χ3v) is 5.09. The van der Waals surface area contributed by atoms with Gasteiger partial charge in [-0.05, 0) is 45.2 Å². The van der Waals surface area contributed by atoms with Crippen LogP contribution in [0.2, 0.25) is 0 Å². The van der Waals surface area contributed by atoms with Crippen LogP contribution in [0.1, 0.15) is 28.9 Å². The van der Waals surface area contributed by atoms with Crippen molar-refractivity contribution < 1.29 is 14.9 Å². The van der Waals surface area contributed by atoms with E-state index in [0.29, 0.717) is 0 Å². The van der Waals surface area contributed by atoms with Crippen molar-refractivity contribution in [3.63, 3.8) is 0 Å². The Hall–Kier alpha value is -1.94. The molecule has 0 aromatic heterocycles. The number of aliphatic hydroxyl groups excluding tert-OH is 2. The maximum atomic E-state index is 10.4. The molecule has 4 atom stereocenters. The van der Waals surface area contributed by atoms with Gasteiger partial charge in [-0.15, -0.1) is 0 Å². The van der Waals surface area contributed by atoms with Gasteiger partial charge in [0.05, 0.1) is 0 Å². The van der Waals surface area contributed by atoms with Crippen LogP contribution in [0, 0.1) is 6.92 Å². The summed E-state index contributed by atoms with van der Waals surface area (Å²) in [4.78, 5) is 0. The summed E-state index contributed by atoms with van der Waals surface area (Å²) in [5, 5.41) is 25.2. The first-order valence-corrected chi connectivity index (χ1v) is 7.63.